The minimum atomic E-state index is -0.416. The first-order valence-corrected chi connectivity index (χ1v) is 12.4. The van der Waals surface area contributed by atoms with E-state index in [0.29, 0.717) is 11.1 Å². The Kier molecular flexibility index (Phi) is 5.81. The number of nitrogens with one attached hydrogen (secondary N) is 1. The molecule has 2 aromatic carbocycles. The molecule has 1 aromatic heterocycles. The molecule has 1 amide bonds. The summed E-state index contributed by atoms with van der Waals surface area (Å²) in [5.41, 5.74) is 7.61. The van der Waals surface area contributed by atoms with E-state index in [2.05, 4.69) is 52.8 Å². The molecule has 3 heterocycles. The second-order valence-electron chi connectivity index (χ2n) is 9.15. The van der Waals surface area contributed by atoms with Crippen molar-refractivity contribution in [1.82, 2.24) is 9.58 Å². The summed E-state index contributed by atoms with van der Waals surface area (Å²) in [6, 6.07) is 18.5. The summed E-state index contributed by atoms with van der Waals surface area (Å²) in [5, 5.41) is 16.0. The van der Waals surface area contributed by atoms with Crippen LogP contribution in [0.25, 0.3) is 11.8 Å². The molecule has 1 N–H and O–H groups in total. The number of aliphatic imine (C=N–C) groups is 1. The molecule has 0 aliphatic carbocycles. The van der Waals surface area contributed by atoms with E-state index in [-0.39, 0.29) is 11.4 Å². The summed E-state index contributed by atoms with van der Waals surface area (Å²) in [7, 11) is 0. The summed E-state index contributed by atoms with van der Waals surface area (Å²) in [4.78, 5) is 17.2. The lowest BCUT2D eigenvalue weighted by atomic mass is 10.0. The second kappa shape index (κ2) is 8.82. The van der Waals surface area contributed by atoms with Crippen LogP contribution in [0.1, 0.15) is 53.4 Å². The van der Waals surface area contributed by atoms with Crippen LogP contribution in [0.5, 0.6) is 0 Å². The van der Waals surface area contributed by atoms with Crippen molar-refractivity contribution in [3.63, 3.8) is 0 Å². The highest BCUT2D eigenvalue weighted by atomic mass is 32.2. The number of hydrogen-bond acceptors (Lipinski definition) is 4. The van der Waals surface area contributed by atoms with Crippen LogP contribution in [0.4, 0.5) is 0 Å². The molecule has 0 unspecified atom stereocenters. The number of carbonyl (C=O) groups excluding carboxylic acids is 1. The molecule has 0 radical (unpaired) electrons. The van der Waals surface area contributed by atoms with Gasteiger partial charge in [-0.3, -0.25) is 10.2 Å². The minimum absolute atomic E-state index is 0.0437. The largest absolute Gasteiger partial charge is 0.318 e. The van der Waals surface area contributed by atoms with Gasteiger partial charge < -0.3 is 4.57 Å². The van der Waals surface area contributed by atoms with Crippen LogP contribution in [-0.2, 0) is 4.79 Å². The molecule has 0 spiro atoms. The van der Waals surface area contributed by atoms with Crippen LogP contribution in [0.3, 0.4) is 0 Å². The Hall–Kier alpha value is -3.71. The summed E-state index contributed by atoms with van der Waals surface area (Å²) >= 11 is 1.32. The number of amidine groups is 2. The fraction of sp³-hybridized carbons (Fsp3) is 0.214. The number of thioether (sulfide) groups is 1. The van der Waals surface area contributed by atoms with Gasteiger partial charge in [-0.05, 0) is 79.4 Å². The van der Waals surface area contributed by atoms with E-state index in [9.17, 15) is 4.79 Å². The van der Waals surface area contributed by atoms with Crippen molar-refractivity contribution in [3.05, 3.63) is 93.8 Å². The molecular formula is C28H27N5OS. The molecule has 7 heteroatoms. The van der Waals surface area contributed by atoms with Crippen LogP contribution < -0.4 is 0 Å². The van der Waals surface area contributed by atoms with Gasteiger partial charge >= 0.3 is 0 Å². The number of aryl methyl sites for hydroxylation is 2. The van der Waals surface area contributed by atoms with Gasteiger partial charge in [0, 0.05) is 22.6 Å². The number of rotatable bonds is 4. The molecule has 2 aliphatic rings. The van der Waals surface area contributed by atoms with Crippen molar-refractivity contribution in [3.8, 4) is 5.69 Å². The van der Waals surface area contributed by atoms with Crippen LogP contribution in [0.2, 0.25) is 0 Å². The molecule has 0 saturated carbocycles. The van der Waals surface area contributed by atoms with Crippen LogP contribution in [-0.4, -0.2) is 31.5 Å². The number of fused-ring (bicyclic) bond motifs is 1. The number of carbonyl (C=O) groups is 1. The Bertz CT molecular complexity index is 1460. The molecule has 0 fully saturated rings. The van der Waals surface area contributed by atoms with Gasteiger partial charge in [-0.15, -0.1) is 0 Å². The van der Waals surface area contributed by atoms with Crippen molar-refractivity contribution < 1.29 is 4.79 Å². The Morgan fingerprint density at radius 1 is 1.03 bits per heavy atom. The Labute approximate surface area is 209 Å². The normalized spacial score (nSPS) is 16.7. The highest BCUT2D eigenvalue weighted by molar-refractivity contribution is 8.27. The Balaban J connectivity index is 1.49. The van der Waals surface area contributed by atoms with Gasteiger partial charge in [0.2, 0.25) is 5.17 Å². The van der Waals surface area contributed by atoms with Gasteiger partial charge in [0.25, 0.3) is 5.91 Å². The maximum atomic E-state index is 12.9. The van der Waals surface area contributed by atoms with Gasteiger partial charge in [0.15, 0.2) is 5.84 Å². The SMILES string of the molecule is Cc1ccccc1C1=NN2C(=N)/C(=C/c3cc(C)n(-c4ccc(C(C)C)cc4)c3C)C(=O)N=C2S1. The van der Waals surface area contributed by atoms with Crippen LogP contribution in [0, 0.1) is 26.2 Å². The molecule has 6 nitrogen and oxygen atoms in total. The molecule has 0 bridgehead atoms. The van der Waals surface area contributed by atoms with Crippen molar-refractivity contribution in [2.24, 2.45) is 10.1 Å². The second-order valence-corrected chi connectivity index (χ2v) is 10.1. The van der Waals surface area contributed by atoms with Gasteiger partial charge in [-0.25, -0.2) is 0 Å². The molecule has 5 rings (SSSR count). The third-order valence-corrected chi connectivity index (χ3v) is 7.36. The highest BCUT2D eigenvalue weighted by Gasteiger charge is 2.36. The molecule has 0 saturated heterocycles. The maximum Gasteiger partial charge on any atom is 0.283 e. The molecule has 2 aliphatic heterocycles. The summed E-state index contributed by atoms with van der Waals surface area (Å²) in [6.07, 6.45) is 1.76. The van der Waals surface area contributed by atoms with Crippen molar-refractivity contribution in [2.75, 3.05) is 0 Å². The maximum absolute atomic E-state index is 12.9. The van der Waals surface area contributed by atoms with Gasteiger partial charge in [-0.2, -0.15) is 15.1 Å². The predicted molar refractivity (Wildman–Crippen MR) is 145 cm³/mol. The lowest BCUT2D eigenvalue weighted by molar-refractivity contribution is -0.114. The zero-order valence-electron chi connectivity index (χ0n) is 20.5. The predicted octanol–water partition coefficient (Wildman–Crippen LogP) is 6.19. The number of aromatic nitrogens is 1. The number of hydrogen-bond donors (Lipinski definition) is 1. The standard InChI is InChI=1S/C28H27N5OS/c1-16(2)20-10-12-22(13-11-20)32-18(4)14-21(19(32)5)15-24-25(29)33-28(30-26(24)34)35-27(31-33)23-9-7-6-8-17(23)3/h6-16,29H,1-5H3/b24-15-,29-25?. The quantitative estimate of drug-likeness (QED) is 0.451. The molecule has 35 heavy (non-hydrogen) atoms. The van der Waals surface area contributed by atoms with E-state index in [4.69, 9.17) is 5.41 Å². The number of amides is 1. The highest BCUT2D eigenvalue weighted by Crippen LogP contribution is 2.32. The van der Waals surface area contributed by atoms with Gasteiger partial charge in [0.05, 0.1) is 5.57 Å². The fourth-order valence-electron chi connectivity index (χ4n) is 4.41. The first kappa shape index (κ1) is 23.1. The monoisotopic (exact) mass is 481 g/mol. The summed E-state index contributed by atoms with van der Waals surface area (Å²) in [5.74, 6) is 0.103. The molecule has 0 atom stereocenters. The van der Waals surface area contributed by atoms with E-state index >= 15 is 0 Å². The topological polar surface area (TPSA) is 73.8 Å². The van der Waals surface area contributed by atoms with Crippen molar-refractivity contribution in [2.45, 2.75) is 40.5 Å². The number of hydrazone groups is 1. The average Bonchev–Trinajstić information content (AvgIpc) is 3.37. The van der Waals surface area contributed by atoms with Crippen molar-refractivity contribution in [1.29, 1.82) is 5.41 Å². The number of nitrogens with zero attached hydrogens (tertiary/aromatic N) is 4. The number of benzene rings is 2. The van der Waals surface area contributed by atoms with Crippen LogP contribution in [0.15, 0.2) is 70.3 Å². The summed E-state index contributed by atoms with van der Waals surface area (Å²) < 4.78 is 2.17. The smallest absolute Gasteiger partial charge is 0.283 e. The van der Waals surface area contributed by atoms with E-state index in [0.717, 1.165) is 38.8 Å². The van der Waals surface area contributed by atoms with E-state index < -0.39 is 5.91 Å². The third kappa shape index (κ3) is 4.06. The lowest BCUT2D eigenvalue weighted by Gasteiger charge is -2.20. The zero-order chi connectivity index (χ0) is 24.9. The third-order valence-electron chi connectivity index (χ3n) is 6.42. The summed E-state index contributed by atoms with van der Waals surface area (Å²) in [6.45, 7) is 10.5. The Morgan fingerprint density at radius 3 is 2.43 bits per heavy atom. The average molecular weight is 482 g/mol. The molecule has 3 aromatic rings. The lowest BCUT2D eigenvalue weighted by Crippen LogP contribution is -2.35. The Morgan fingerprint density at radius 2 is 1.74 bits per heavy atom. The zero-order valence-corrected chi connectivity index (χ0v) is 21.3. The van der Waals surface area contributed by atoms with Crippen LogP contribution >= 0.6 is 11.8 Å². The first-order valence-electron chi connectivity index (χ1n) is 11.6. The minimum Gasteiger partial charge on any atom is -0.318 e. The molecule has 176 valence electrons. The van der Waals surface area contributed by atoms with E-state index in [1.165, 1.54) is 22.3 Å². The fourth-order valence-corrected chi connectivity index (χ4v) is 5.39. The van der Waals surface area contributed by atoms with Crippen molar-refractivity contribution >= 4 is 39.8 Å². The van der Waals surface area contributed by atoms with Gasteiger partial charge in [0.1, 0.15) is 5.04 Å². The van der Waals surface area contributed by atoms with E-state index in [1.807, 2.05) is 51.1 Å². The first-order chi connectivity index (χ1) is 16.7. The molecular weight excluding hydrogens is 454 g/mol. The van der Waals surface area contributed by atoms with Gasteiger partial charge in [-0.1, -0.05) is 50.2 Å². The van der Waals surface area contributed by atoms with E-state index in [1.54, 1.807) is 6.08 Å².